The molecule has 0 atom stereocenters. The molecule has 0 spiro atoms. The Morgan fingerprint density at radius 3 is 1.40 bits per heavy atom. The highest BCUT2D eigenvalue weighted by Gasteiger charge is 2.42. The number of alkyl halides is 12. The van der Waals surface area contributed by atoms with Gasteiger partial charge in [-0.05, 0) is 102 Å². The summed E-state index contributed by atoms with van der Waals surface area (Å²) in [5.74, 6) is 0. The van der Waals surface area contributed by atoms with E-state index in [2.05, 4.69) is 0 Å². The highest BCUT2D eigenvalue weighted by Crippen LogP contribution is 2.50. The van der Waals surface area contributed by atoms with Gasteiger partial charge in [-0.3, -0.25) is 0 Å². The number of benzene rings is 7. The lowest BCUT2D eigenvalue weighted by atomic mass is 9.86. The van der Waals surface area contributed by atoms with Gasteiger partial charge in [-0.25, -0.2) is 0 Å². The molecule has 2 heterocycles. The van der Waals surface area contributed by atoms with Crippen LogP contribution in [-0.2, 0) is 24.7 Å². The molecule has 7 aromatic carbocycles. The maximum absolute atomic E-state index is 14.9. The van der Waals surface area contributed by atoms with Crippen LogP contribution in [0.25, 0.3) is 77.2 Å². The topological polar surface area (TPSA) is 33.6 Å². The Labute approximate surface area is 341 Å². The smallest absolute Gasteiger partial charge is 0.309 e. The first-order chi connectivity index (χ1) is 29.3. The van der Waals surface area contributed by atoms with Gasteiger partial charge in [0.1, 0.15) is 0 Å². The van der Waals surface area contributed by atoms with Crippen LogP contribution in [0.15, 0.2) is 140 Å². The molecule has 9 aromatic rings. The third kappa shape index (κ3) is 6.57. The van der Waals surface area contributed by atoms with Crippen LogP contribution in [0.3, 0.4) is 0 Å². The van der Waals surface area contributed by atoms with Gasteiger partial charge in [0.05, 0.1) is 61.6 Å². The number of hydrogen-bond acceptors (Lipinski definition) is 1. The second-order valence-corrected chi connectivity index (χ2v) is 14.5. The Hall–Kier alpha value is -7.21. The number of aromatic nitrogens is 2. The van der Waals surface area contributed by atoms with E-state index in [4.69, 9.17) is 0 Å². The van der Waals surface area contributed by atoms with Crippen molar-refractivity contribution < 1.29 is 52.7 Å². The number of nitrogens with zero attached hydrogens (tertiary/aromatic N) is 3. The van der Waals surface area contributed by atoms with E-state index in [-0.39, 0.29) is 49.9 Å². The molecule has 0 saturated heterocycles. The maximum Gasteiger partial charge on any atom is 0.417 e. The van der Waals surface area contributed by atoms with Crippen LogP contribution >= 0.6 is 0 Å². The second-order valence-electron chi connectivity index (χ2n) is 14.5. The molecule has 310 valence electrons. The van der Waals surface area contributed by atoms with Crippen LogP contribution < -0.4 is 0 Å². The van der Waals surface area contributed by atoms with Crippen LogP contribution in [0.5, 0.6) is 0 Å². The molecule has 0 saturated carbocycles. The van der Waals surface area contributed by atoms with Crippen molar-refractivity contribution in [2.75, 3.05) is 0 Å². The summed E-state index contributed by atoms with van der Waals surface area (Å²) in [4.78, 5) is 0. The molecule has 0 bridgehead atoms. The van der Waals surface area contributed by atoms with Gasteiger partial charge in [-0.15, -0.1) is 0 Å². The van der Waals surface area contributed by atoms with Crippen molar-refractivity contribution in [1.82, 2.24) is 9.13 Å². The largest absolute Gasteiger partial charge is 0.417 e. The van der Waals surface area contributed by atoms with E-state index in [1.807, 2.05) is 6.07 Å². The van der Waals surface area contributed by atoms with Gasteiger partial charge in [-0.2, -0.15) is 57.9 Å². The van der Waals surface area contributed by atoms with Gasteiger partial charge in [0, 0.05) is 38.4 Å². The number of hydrogen-bond donors (Lipinski definition) is 0. The van der Waals surface area contributed by atoms with E-state index in [1.54, 1.807) is 48.5 Å². The molecule has 0 N–H and O–H groups in total. The summed E-state index contributed by atoms with van der Waals surface area (Å²) in [6, 6.07) is 29.9. The summed E-state index contributed by atoms with van der Waals surface area (Å²) in [5, 5.41) is 11.1. The SMILES string of the molecule is N#Cc1ccc(-n2c3ccccc3c3cc(C(F)(F)F)ccc32)c(-c2cc(-n3c4ccccc4c4cc(C(F)(F)F)ccc43)ccc2-c2c(C(F)(F)F)cccc2C(F)(F)F)c1. The van der Waals surface area contributed by atoms with Crippen LogP contribution in [0.2, 0.25) is 0 Å². The molecular weight excluding hydrogens is 835 g/mol. The first kappa shape index (κ1) is 40.2. The van der Waals surface area contributed by atoms with Crippen molar-refractivity contribution in [2.45, 2.75) is 24.7 Å². The standard InChI is InChI=1S/C47H23F12N3/c48-44(49,50)26-13-18-40-34(21-26)29-6-1-3-10-38(29)61(40)28-15-16-31(43-36(46(54,55)56)8-5-9-37(43)47(57,58)59)32(23-28)33-20-25(24-60)12-17-41(33)62-39-11-4-2-7-30(39)35-22-27(45(51,52)53)14-19-42(35)62/h1-23H. The summed E-state index contributed by atoms with van der Waals surface area (Å²) >= 11 is 0. The van der Waals surface area contributed by atoms with Crippen molar-refractivity contribution in [3.8, 4) is 39.7 Å². The Kier molecular flexibility index (Phi) is 9.02. The molecular formula is C47H23F12N3. The van der Waals surface area contributed by atoms with Crippen LogP contribution in [0, 0.1) is 11.3 Å². The fraction of sp³-hybridized carbons (Fsp3) is 0.0851. The maximum atomic E-state index is 14.9. The minimum atomic E-state index is -5.32. The summed E-state index contributed by atoms with van der Waals surface area (Å²) in [6.07, 6.45) is -20.1. The summed E-state index contributed by atoms with van der Waals surface area (Å²) in [5.41, 5.74) is -6.18. The normalized spacial score (nSPS) is 12.8. The fourth-order valence-electron chi connectivity index (χ4n) is 8.28. The number of para-hydroxylation sites is 2. The number of halogens is 12. The predicted octanol–water partition coefficient (Wildman–Crippen LogP) is 15.2. The Bertz CT molecular complexity index is 3290. The lowest BCUT2D eigenvalue weighted by Gasteiger charge is -2.23. The van der Waals surface area contributed by atoms with Crippen LogP contribution in [-0.4, -0.2) is 9.13 Å². The van der Waals surface area contributed by atoms with Crippen molar-refractivity contribution in [3.63, 3.8) is 0 Å². The van der Waals surface area contributed by atoms with Gasteiger partial charge in [0.2, 0.25) is 0 Å². The molecule has 0 radical (unpaired) electrons. The molecule has 9 rings (SSSR count). The van der Waals surface area contributed by atoms with Gasteiger partial charge in [0.15, 0.2) is 0 Å². The van der Waals surface area contributed by atoms with Crippen molar-refractivity contribution in [2.24, 2.45) is 0 Å². The highest BCUT2D eigenvalue weighted by molar-refractivity contribution is 6.11. The van der Waals surface area contributed by atoms with E-state index < -0.39 is 58.1 Å². The predicted molar refractivity (Wildman–Crippen MR) is 211 cm³/mol. The molecule has 0 amide bonds. The summed E-state index contributed by atoms with van der Waals surface area (Å²) < 4.78 is 176. The van der Waals surface area contributed by atoms with Crippen molar-refractivity contribution >= 4 is 43.6 Å². The minimum absolute atomic E-state index is 0.0723. The third-order valence-electron chi connectivity index (χ3n) is 10.9. The molecule has 15 heteroatoms. The zero-order valence-corrected chi connectivity index (χ0v) is 31.2. The monoisotopic (exact) mass is 857 g/mol. The third-order valence-corrected chi connectivity index (χ3v) is 10.9. The Morgan fingerprint density at radius 1 is 0.387 bits per heavy atom. The molecule has 0 fully saturated rings. The number of fused-ring (bicyclic) bond motifs is 6. The lowest BCUT2D eigenvalue weighted by molar-refractivity contribution is -0.142. The first-order valence-electron chi connectivity index (χ1n) is 18.4. The molecule has 0 aliphatic rings. The average molecular weight is 858 g/mol. The summed E-state index contributed by atoms with van der Waals surface area (Å²) in [6.45, 7) is 0. The fourth-order valence-corrected chi connectivity index (χ4v) is 8.28. The van der Waals surface area contributed by atoms with Gasteiger partial charge < -0.3 is 9.13 Å². The molecule has 2 aromatic heterocycles. The number of rotatable bonds is 4. The van der Waals surface area contributed by atoms with Crippen LogP contribution in [0.1, 0.15) is 27.8 Å². The van der Waals surface area contributed by atoms with E-state index in [1.165, 1.54) is 51.6 Å². The molecule has 0 unspecified atom stereocenters. The molecule has 0 aliphatic carbocycles. The molecule has 62 heavy (non-hydrogen) atoms. The van der Waals surface area contributed by atoms with E-state index in [0.29, 0.717) is 40.0 Å². The Balaban J connectivity index is 1.44. The summed E-state index contributed by atoms with van der Waals surface area (Å²) in [7, 11) is 0. The van der Waals surface area contributed by atoms with Crippen LogP contribution in [0.4, 0.5) is 52.7 Å². The zero-order chi connectivity index (χ0) is 44.1. The Morgan fingerprint density at radius 2 is 0.887 bits per heavy atom. The van der Waals surface area contributed by atoms with E-state index >= 15 is 0 Å². The van der Waals surface area contributed by atoms with Gasteiger partial charge >= 0.3 is 24.7 Å². The zero-order valence-electron chi connectivity index (χ0n) is 31.2. The minimum Gasteiger partial charge on any atom is -0.309 e. The molecule has 0 aliphatic heterocycles. The average Bonchev–Trinajstić information content (AvgIpc) is 3.74. The van der Waals surface area contributed by atoms with E-state index in [0.717, 1.165) is 30.3 Å². The van der Waals surface area contributed by atoms with Gasteiger partial charge in [0.25, 0.3) is 0 Å². The first-order valence-corrected chi connectivity index (χ1v) is 18.4. The number of nitriles is 1. The highest BCUT2D eigenvalue weighted by atomic mass is 19.4. The molecule has 3 nitrogen and oxygen atoms in total. The van der Waals surface area contributed by atoms with Gasteiger partial charge in [-0.1, -0.05) is 48.5 Å². The van der Waals surface area contributed by atoms with Crippen molar-refractivity contribution in [1.29, 1.82) is 5.26 Å². The van der Waals surface area contributed by atoms with Crippen molar-refractivity contribution in [3.05, 3.63) is 167 Å². The second kappa shape index (κ2) is 13.9. The lowest BCUT2D eigenvalue weighted by Crippen LogP contribution is -2.14. The van der Waals surface area contributed by atoms with E-state index in [9.17, 15) is 57.9 Å². The quantitative estimate of drug-likeness (QED) is 0.162.